The number of hydrogen-bond acceptors (Lipinski definition) is 3. The lowest BCUT2D eigenvalue weighted by Gasteiger charge is -2.16. The fourth-order valence-corrected chi connectivity index (χ4v) is 3.39. The Morgan fingerprint density at radius 3 is 2.84 bits per heavy atom. The van der Waals surface area contributed by atoms with Gasteiger partial charge in [-0.1, -0.05) is 23.7 Å². The average Bonchev–Trinajstić information content (AvgIpc) is 3.37. The van der Waals surface area contributed by atoms with Gasteiger partial charge in [-0.15, -0.1) is 0 Å². The van der Waals surface area contributed by atoms with E-state index in [4.69, 9.17) is 21.3 Å². The number of benzene rings is 2. The molecule has 0 spiro atoms. The molecule has 1 unspecified atom stereocenters. The molecule has 1 aromatic heterocycles. The number of para-hydroxylation sites is 2. The minimum Gasteiger partial charge on any atom is -0.491 e. The highest BCUT2D eigenvalue weighted by Crippen LogP contribution is 2.40. The van der Waals surface area contributed by atoms with Gasteiger partial charge in [-0.3, -0.25) is 0 Å². The fraction of sp³-hybridized carbons (Fsp3) is 0.350. The average molecular weight is 357 g/mol. The van der Waals surface area contributed by atoms with E-state index < -0.39 is 6.10 Å². The Labute approximate surface area is 152 Å². The molecule has 2 aromatic carbocycles. The number of rotatable bonds is 6. The van der Waals surface area contributed by atoms with Crippen molar-refractivity contribution in [3.8, 4) is 5.75 Å². The van der Waals surface area contributed by atoms with Crippen molar-refractivity contribution in [1.82, 2.24) is 9.55 Å². The Morgan fingerprint density at radius 2 is 2.08 bits per heavy atom. The van der Waals surface area contributed by atoms with Crippen molar-refractivity contribution in [3.63, 3.8) is 0 Å². The second-order valence-electron chi connectivity index (χ2n) is 6.72. The minimum atomic E-state index is -0.606. The molecule has 0 aliphatic heterocycles. The zero-order valence-electron chi connectivity index (χ0n) is 14.2. The van der Waals surface area contributed by atoms with Gasteiger partial charge in [0.25, 0.3) is 0 Å². The number of hydrogen-bond donors (Lipinski definition) is 1. The maximum Gasteiger partial charge on any atom is 0.122 e. The molecule has 3 aromatic rings. The summed E-state index contributed by atoms with van der Waals surface area (Å²) in [5.41, 5.74) is 3.03. The fourth-order valence-electron chi connectivity index (χ4n) is 3.16. The predicted molar refractivity (Wildman–Crippen MR) is 99.4 cm³/mol. The van der Waals surface area contributed by atoms with Crippen molar-refractivity contribution >= 4 is 22.6 Å². The molecule has 4 nitrogen and oxygen atoms in total. The van der Waals surface area contributed by atoms with Crippen molar-refractivity contribution in [2.45, 2.75) is 38.3 Å². The zero-order chi connectivity index (χ0) is 17.4. The number of fused-ring (bicyclic) bond motifs is 1. The summed E-state index contributed by atoms with van der Waals surface area (Å²) in [5.74, 6) is 2.36. The van der Waals surface area contributed by atoms with E-state index in [0.717, 1.165) is 28.2 Å². The first-order chi connectivity index (χ1) is 12.1. The molecule has 0 radical (unpaired) electrons. The highest BCUT2D eigenvalue weighted by molar-refractivity contribution is 6.30. The number of imidazole rings is 1. The SMILES string of the molecule is Cc1cc(Cl)ccc1OCC(O)Cn1c(C2CC2)nc2ccccc21. The molecule has 5 heteroatoms. The first-order valence-corrected chi connectivity index (χ1v) is 9.02. The molecule has 1 atom stereocenters. The Kier molecular flexibility index (Phi) is 4.40. The molecule has 1 heterocycles. The van der Waals surface area contributed by atoms with E-state index in [1.165, 1.54) is 12.8 Å². The van der Waals surface area contributed by atoms with Crippen LogP contribution in [0.1, 0.15) is 30.1 Å². The Balaban J connectivity index is 1.50. The van der Waals surface area contributed by atoms with Crippen LogP contribution >= 0.6 is 11.6 Å². The maximum atomic E-state index is 10.5. The lowest BCUT2D eigenvalue weighted by molar-refractivity contribution is 0.0924. The third kappa shape index (κ3) is 3.51. The van der Waals surface area contributed by atoms with Crippen molar-refractivity contribution in [2.24, 2.45) is 0 Å². The summed E-state index contributed by atoms with van der Waals surface area (Å²) in [6, 6.07) is 13.6. The van der Waals surface area contributed by atoms with Crippen LogP contribution in [-0.2, 0) is 6.54 Å². The van der Waals surface area contributed by atoms with E-state index >= 15 is 0 Å². The van der Waals surface area contributed by atoms with Crippen LogP contribution < -0.4 is 4.74 Å². The molecule has 0 bridgehead atoms. The lowest BCUT2D eigenvalue weighted by Crippen LogP contribution is -2.24. The molecule has 4 rings (SSSR count). The van der Waals surface area contributed by atoms with E-state index in [0.29, 0.717) is 17.5 Å². The quantitative estimate of drug-likeness (QED) is 0.715. The number of nitrogens with zero attached hydrogens (tertiary/aromatic N) is 2. The Hall–Kier alpha value is -2.04. The van der Waals surface area contributed by atoms with E-state index in [-0.39, 0.29) is 6.61 Å². The van der Waals surface area contributed by atoms with Crippen LogP contribution in [0.2, 0.25) is 5.02 Å². The smallest absolute Gasteiger partial charge is 0.122 e. The molecular weight excluding hydrogens is 336 g/mol. The molecule has 1 aliphatic carbocycles. The number of halogens is 1. The topological polar surface area (TPSA) is 47.3 Å². The molecule has 1 fully saturated rings. The van der Waals surface area contributed by atoms with Crippen LogP contribution in [0.25, 0.3) is 11.0 Å². The van der Waals surface area contributed by atoms with Gasteiger partial charge in [0.2, 0.25) is 0 Å². The van der Waals surface area contributed by atoms with Gasteiger partial charge in [0, 0.05) is 10.9 Å². The van der Waals surface area contributed by atoms with Gasteiger partial charge in [0.15, 0.2) is 0 Å². The van der Waals surface area contributed by atoms with Gasteiger partial charge in [0.05, 0.1) is 17.6 Å². The highest BCUT2D eigenvalue weighted by Gasteiger charge is 2.30. The number of aryl methyl sites for hydroxylation is 1. The monoisotopic (exact) mass is 356 g/mol. The predicted octanol–water partition coefficient (Wildman–Crippen LogP) is 4.32. The summed E-state index contributed by atoms with van der Waals surface area (Å²) in [4.78, 5) is 4.77. The van der Waals surface area contributed by atoms with Crippen LogP contribution in [-0.4, -0.2) is 27.4 Å². The van der Waals surface area contributed by atoms with Gasteiger partial charge in [-0.05, 0) is 55.7 Å². The van der Waals surface area contributed by atoms with Gasteiger partial charge in [-0.2, -0.15) is 0 Å². The summed E-state index contributed by atoms with van der Waals surface area (Å²) >= 11 is 5.97. The maximum absolute atomic E-state index is 10.5. The van der Waals surface area contributed by atoms with Crippen molar-refractivity contribution < 1.29 is 9.84 Å². The van der Waals surface area contributed by atoms with Crippen LogP contribution in [0.3, 0.4) is 0 Å². The Morgan fingerprint density at radius 1 is 1.28 bits per heavy atom. The third-order valence-electron chi connectivity index (χ3n) is 4.59. The molecule has 1 aliphatic rings. The van der Waals surface area contributed by atoms with Crippen LogP contribution in [0.4, 0.5) is 0 Å². The Bertz CT molecular complexity index is 902. The number of ether oxygens (including phenoxy) is 1. The van der Waals surface area contributed by atoms with Crippen molar-refractivity contribution in [3.05, 3.63) is 58.9 Å². The first-order valence-electron chi connectivity index (χ1n) is 8.64. The third-order valence-corrected chi connectivity index (χ3v) is 4.82. The summed E-state index contributed by atoms with van der Waals surface area (Å²) in [6.45, 7) is 2.67. The van der Waals surface area contributed by atoms with Gasteiger partial charge in [-0.25, -0.2) is 4.98 Å². The molecular formula is C20H21ClN2O2. The zero-order valence-corrected chi connectivity index (χ0v) is 14.9. The van der Waals surface area contributed by atoms with Crippen LogP contribution in [0.15, 0.2) is 42.5 Å². The number of aromatic nitrogens is 2. The van der Waals surface area contributed by atoms with E-state index in [2.05, 4.69) is 10.6 Å². The molecule has 1 N–H and O–H groups in total. The van der Waals surface area contributed by atoms with E-state index in [1.807, 2.05) is 37.3 Å². The molecule has 130 valence electrons. The second-order valence-corrected chi connectivity index (χ2v) is 7.15. The van der Waals surface area contributed by atoms with Gasteiger partial charge in [0.1, 0.15) is 24.3 Å². The highest BCUT2D eigenvalue weighted by atomic mass is 35.5. The van der Waals surface area contributed by atoms with Crippen LogP contribution in [0.5, 0.6) is 5.75 Å². The van der Waals surface area contributed by atoms with E-state index in [9.17, 15) is 5.11 Å². The normalized spacial score (nSPS) is 15.5. The van der Waals surface area contributed by atoms with Gasteiger partial charge < -0.3 is 14.4 Å². The van der Waals surface area contributed by atoms with Crippen LogP contribution in [0, 0.1) is 6.92 Å². The molecule has 0 amide bonds. The summed E-state index contributed by atoms with van der Waals surface area (Å²) in [6.07, 6.45) is 1.75. The number of aliphatic hydroxyl groups is 1. The molecule has 25 heavy (non-hydrogen) atoms. The summed E-state index contributed by atoms with van der Waals surface area (Å²) in [5, 5.41) is 11.2. The minimum absolute atomic E-state index is 0.235. The van der Waals surface area contributed by atoms with E-state index in [1.54, 1.807) is 6.07 Å². The molecule has 1 saturated carbocycles. The summed E-state index contributed by atoms with van der Waals surface area (Å²) < 4.78 is 7.94. The first kappa shape index (κ1) is 16.4. The standard InChI is InChI=1S/C20H21ClN2O2/c1-13-10-15(21)8-9-19(13)25-12-16(24)11-23-18-5-3-2-4-17(18)22-20(23)14-6-7-14/h2-5,8-10,14,16,24H,6-7,11-12H2,1H3. The lowest BCUT2D eigenvalue weighted by atomic mass is 10.2. The second kappa shape index (κ2) is 6.70. The number of aliphatic hydroxyl groups excluding tert-OH is 1. The molecule has 0 saturated heterocycles. The van der Waals surface area contributed by atoms with Crippen molar-refractivity contribution in [1.29, 1.82) is 0 Å². The van der Waals surface area contributed by atoms with Gasteiger partial charge >= 0.3 is 0 Å². The van der Waals surface area contributed by atoms with Crippen molar-refractivity contribution in [2.75, 3.05) is 6.61 Å². The largest absolute Gasteiger partial charge is 0.491 e. The summed E-state index contributed by atoms with van der Waals surface area (Å²) in [7, 11) is 0.